The van der Waals surface area contributed by atoms with E-state index in [1.807, 2.05) is 6.07 Å². The van der Waals surface area contributed by atoms with Crippen LogP contribution in [0.3, 0.4) is 0 Å². The number of benzene rings is 2. The summed E-state index contributed by atoms with van der Waals surface area (Å²) in [7, 11) is 0. The number of ether oxygens (including phenoxy) is 1. The molecular formula is C19H12F2N2O2. The van der Waals surface area contributed by atoms with Crippen LogP contribution in [0.1, 0.15) is 5.56 Å². The Morgan fingerprint density at radius 2 is 1.76 bits per heavy atom. The summed E-state index contributed by atoms with van der Waals surface area (Å²) < 4.78 is 38.0. The molecule has 0 bridgehead atoms. The van der Waals surface area contributed by atoms with Crippen molar-refractivity contribution in [3.63, 3.8) is 0 Å². The van der Waals surface area contributed by atoms with Crippen LogP contribution >= 0.6 is 0 Å². The molecular weight excluding hydrogens is 326 g/mol. The van der Waals surface area contributed by atoms with Crippen LogP contribution in [0.5, 0.6) is 5.75 Å². The third-order valence-electron chi connectivity index (χ3n) is 3.60. The van der Waals surface area contributed by atoms with Crippen LogP contribution in [-0.4, -0.2) is 9.97 Å². The molecule has 2 aromatic heterocycles. The summed E-state index contributed by atoms with van der Waals surface area (Å²) in [5.74, 6) is -0.415. The quantitative estimate of drug-likeness (QED) is 0.539. The number of aromatic nitrogens is 2. The van der Waals surface area contributed by atoms with E-state index in [4.69, 9.17) is 9.15 Å². The molecule has 2 aromatic carbocycles. The molecule has 25 heavy (non-hydrogen) atoms. The van der Waals surface area contributed by atoms with Crippen molar-refractivity contribution in [2.45, 2.75) is 6.61 Å². The van der Waals surface area contributed by atoms with Gasteiger partial charge < -0.3 is 9.15 Å². The summed E-state index contributed by atoms with van der Waals surface area (Å²) in [4.78, 5) is 8.51. The number of pyridine rings is 1. The van der Waals surface area contributed by atoms with Crippen molar-refractivity contribution in [2.75, 3.05) is 0 Å². The Bertz CT molecular complexity index is 993. The minimum absolute atomic E-state index is 0.0180. The highest BCUT2D eigenvalue weighted by atomic mass is 19.1. The Hall–Kier alpha value is -3.28. The van der Waals surface area contributed by atoms with E-state index in [1.54, 1.807) is 36.5 Å². The predicted molar refractivity (Wildman–Crippen MR) is 87.9 cm³/mol. The predicted octanol–water partition coefficient (Wildman–Crippen LogP) is 4.75. The molecule has 0 aliphatic carbocycles. The summed E-state index contributed by atoms with van der Waals surface area (Å²) in [5.41, 5.74) is 2.10. The minimum atomic E-state index is -0.642. The van der Waals surface area contributed by atoms with Gasteiger partial charge in [-0.15, -0.1) is 0 Å². The van der Waals surface area contributed by atoms with E-state index in [1.165, 1.54) is 12.1 Å². The summed E-state index contributed by atoms with van der Waals surface area (Å²) in [6.07, 6.45) is 1.62. The first-order valence-corrected chi connectivity index (χ1v) is 7.58. The Labute approximate surface area is 141 Å². The van der Waals surface area contributed by atoms with Gasteiger partial charge in [-0.2, -0.15) is 0 Å². The van der Waals surface area contributed by atoms with Crippen LogP contribution < -0.4 is 4.74 Å². The van der Waals surface area contributed by atoms with Crippen LogP contribution in [0.25, 0.3) is 22.7 Å². The molecule has 2 heterocycles. The largest absolute Gasteiger partial charge is 0.488 e. The average Bonchev–Trinajstić information content (AvgIpc) is 3.03. The molecule has 0 saturated carbocycles. The van der Waals surface area contributed by atoms with Gasteiger partial charge in [0.15, 0.2) is 0 Å². The van der Waals surface area contributed by atoms with Crippen LogP contribution in [0.4, 0.5) is 8.78 Å². The number of hydrogen-bond acceptors (Lipinski definition) is 4. The van der Waals surface area contributed by atoms with Gasteiger partial charge in [-0.05, 0) is 42.0 Å². The Morgan fingerprint density at radius 1 is 0.960 bits per heavy atom. The van der Waals surface area contributed by atoms with Crippen LogP contribution in [0.2, 0.25) is 0 Å². The first kappa shape index (κ1) is 15.3. The van der Waals surface area contributed by atoms with Gasteiger partial charge in [0.1, 0.15) is 29.5 Å². The number of para-hydroxylation sites is 1. The molecule has 124 valence electrons. The lowest BCUT2D eigenvalue weighted by Gasteiger charge is -2.09. The van der Waals surface area contributed by atoms with Crippen molar-refractivity contribution in [3.8, 4) is 17.2 Å². The molecule has 0 N–H and O–H groups in total. The Kier molecular flexibility index (Phi) is 3.85. The van der Waals surface area contributed by atoms with E-state index in [0.717, 1.165) is 6.07 Å². The van der Waals surface area contributed by atoms with Crippen LogP contribution in [0.15, 0.2) is 65.2 Å². The molecule has 0 radical (unpaired) electrons. The zero-order valence-electron chi connectivity index (χ0n) is 12.9. The molecule has 4 nitrogen and oxygen atoms in total. The number of halogens is 2. The summed E-state index contributed by atoms with van der Waals surface area (Å²) in [6.45, 7) is 0.0180. The van der Waals surface area contributed by atoms with Crippen molar-refractivity contribution < 1.29 is 17.9 Å². The molecule has 0 atom stereocenters. The van der Waals surface area contributed by atoms with Gasteiger partial charge in [0.05, 0.1) is 5.56 Å². The Morgan fingerprint density at radius 3 is 2.56 bits per heavy atom. The number of hydrogen-bond donors (Lipinski definition) is 0. The molecule has 0 aliphatic rings. The van der Waals surface area contributed by atoms with Crippen LogP contribution in [-0.2, 0) is 6.61 Å². The highest BCUT2D eigenvalue weighted by Gasteiger charge is 2.14. The van der Waals surface area contributed by atoms with E-state index in [0.29, 0.717) is 34.0 Å². The zero-order chi connectivity index (χ0) is 17.2. The SMILES string of the molecule is Fc1cc(F)cc(COc2ccccc2-c2nc3cccnc3o2)c1. The third kappa shape index (κ3) is 3.19. The Balaban J connectivity index is 1.64. The van der Waals surface area contributed by atoms with Gasteiger partial charge in [-0.1, -0.05) is 12.1 Å². The second kappa shape index (κ2) is 6.32. The van der Waals surface area contributed by atoms with E-state index in [2.05, 4.69) is 9.97 Å². The number of nitrogens with zero attached hydrogens (tertiary/aromatic N) is 2. The van der Waals surface area contributed by atoms with E-state index in [-0.39, 0.29) is 6.61 Å². The smallest absolute Gasteiger partial charge is 0.247 e. The van der Waals surface area contributed by atoms with Gasteiger partial charge in [0, 0.05) is 12.3 Å². The van der Waals surface area contributed by atoms with E-state index >= 15 is 0 Å². The fourth-order valence-corrected chi connectivity index (χ4v) is 2.51. The van der Waals surface area contributed by atoms with Crippen molar-refractivity contribution in [1.29, 1.82) is 0 Å². The first-order valence-electron chi connectivity index (χ1n) is 7.58. The molecule has 0 saturated heterocycles. The van der Waals surface area contributed by atoms with Gasteiger partial charge in [0.25, 0.3) is 0 Å². The van der Waals surface area contributed by atoms with Crippen molar-refractivity contribution >= 4 is 11.2 Å². The monoisotopic (exact) mass is 338 g/mol. The van der Waals surface area contributed by atoms with Crippen LogP contribution in [0, 0.1) is 11.6 Å². The number of rotatable bonds is 4. The minimum Gasteiger partial charge on any atom is -0.488 e. The zero-order valence-corrected chi connectivity index (χ0v) is 12.9. The highest BCUT2D eigenvalue weighted by Crippen LogP contribution is 2.31. The number of oxazole rings is 1. The maximum Gasteiger partial charge on any atom is 0.247 e. The molecule has 0 amide bonds. The first-order chi connectivity index (χ1) is 12.2. The summed E-state index contributed by atoms with van der Waals surface area (Å²) in [5, 5.41) is 0. The topological polar surface area (TPSA) is 48.2 Å². The van der Waals surface area contributed by atoms with Gasteiger partial charge >= 0.3 is 0 Å². The van der Waals surface area contributed by atoms with E-state index < -0.39 is 11.6 Å². The lowest BCUT2D eigenvalue weighted by Crippen LogP contribution is -1.98. The maximum absolute atomic E-state index is 13.3. The fraction of sp³-hybridized carbons (Fsp3) is 0.0526. The fourth-order valence-electron chi connectivity index (χ4n) is 2.51. The van der Waals surface area contributed by atoms with E-state index in [9.17, 15) is 8.78 Å². The molecule has 0 unspecified atom stereocenters. The maximum atomic E-state index is 13.3. The number of fused-ring (bicyclic) bond motifs is 1. The van der Waals surface area contributed by atoms with Crippen molar-refractivity contribution in [3.05, 3.63) is 78.0 Å². The van der Waals surface area contributed by atoms with Gasteiger partial charge in [0.2, 0.25) is 11.6 Å². The molecule has 4 rings (SSSR count). The van der Waals surface area contributed by atoms with Crippen molar-refractivity contribution in [2.24, 2.45) is 0 Å². The third-order valence-corrected chi connectivity index (χ3v) is 3.60. The summed E-state index contributed by atoms with van der Waals surface area (Å²) in [6, 6.07) is 14.0. The second-order valence-corrected chi connectivity index (χ2v) is 5.41. The molecule has 0 aliphatic heterocycles. The van der Waals surface area contributed by atoms with Crippen molar-refractivity contribution in [1.82, 2.24) is 9.97 Å². The van der Waals surface area contributed by atoms with Gasteiger partial charge in [-0.3, -0.25) is 0 Å². The molecule has 4 aromatic rings. The molecule has 0 spiro atoms. The lowest BCUT2D eigenvalue weighted by molar-refractivity contribution is 0.305. The summed E-state index contributed by atoms with van der Waals surface area (Å²) >= 11 is 0. The highest BCUT2D eigenvalue weighted by molar-refractivity contribution is 5.74. The standard InChI is InChI=1S/C19H12F2N2O2/c20-13-8-12(9-14(21)10-13)11-24-17-6-2-1-4-15(17)18-23-16-5-3-7-22-19(16)25-18/h1-10H,11H2. The average molecular weight is 338 g/mol. The lowest BCUT2D eigenvalue weighted by atomic mass is 10.2. The molecule has 6 heteroatoms. The normalized spacial score (nSPS) is 11.0. The second-order valence-electron chi connectivity index (χ2n) is 5.41. The molecule has 0 fully saturated rings. The van der Waals surface area contributed by atoms with Gasteiger partial charge in [-0.25, -0.2) is 18.7 Å².